The molecule has 0 aliphatic carbocycles. The molecule has 0 fully saturated rings. The predicted octanol–water partition coefficient (Wildman–Crippen LogP) is 4.75. The van der Waals surface area contributed by atoms with Gasteiger partial charge in [0.15, 0.2) is 0 Å². The van der Waals surface area contributed by atoms with Crippen LogP contribution in [0.3, 0.4) is 0 Å². The van der Waals surface area contributed by atoms with Crippen LogP contribution in [-0.2, 0) is 6.54 Å². The van der Waals surface area contributed by atoms with Gasteiger partial charge in [-0.3, -0.25) is 4.90 Å². The molecular formula is C19H22ClN. The average molecular weight is 300 g/mol. The fourth-order valence-corrected chi connectivity index (χ4v) is 2.54. The smallest absolute Gasteiger partial charge is 0.0351 e. The first-order valence-electron chi connectivity index (χ1n) is 7.34. The monoisotopic (exact) mass is 299 g/mol. The van der Waals surface area contributed by atoms with E-state index >= 15 is 0 Å². The van der Waals surface area contributed by atoms with E-state index in [0.717, 1.165) is 19.6 Å². The summed E-state index contributed by atoms with van der Waals surface area (Å²) in [5.74, 6) is 0.658. The molecule has 0 heterocycles. The molecule has 110 valence electrons. The van der Waals surface area contributed by atoms with Gasteiger partial charge in [0.2, 0.25) is 0 Å². The van der Waals surface area contributed by atoms with Crippen molar-refractivity contribution in [2.75, 3.05) is 19.0 Å². The van der Waals surface area contributed by atoms with Crippen LogP contribution in [0.25, 0.3) is 6.08 Å². The van der Waals surface area contributed by atoms with Gasteiger partial charge in [0.05, 0.1) is 0 Å². The van der Waals surface area contributed by atoms with E-state index in [9.17, 15) is 0 Å². The van der Waals surface area contributed by atoms with Gasteiger partial charge in [0, 0.05) is 25.5 Å². The van der Waals surface area contributed by atoms with Crippen LogP contribution in [0.15, 0.2) is 60.7 Å². The van der Waals surface area contributed by atoms with Crippen molar-refractivity contribution in [1.82, 2.24) is 4.90 Å². The zero-order valence-corrected chi connectivity index (χ0v) is 13.3. The maximum absolute atomic E-state index is 5.92. The number of hydrogen-bond donors (Lipinski definition) is 0. The molecule has 0 aromatic heterocycles. The lowest BCUT2D eigenvalue weighted by Crippen LogP contribution is -2.25. The molecule has 21 heavy (non-hydrogen) atoms. The number of rotatable bonds is 7. The van der Waals surface area contributed by atoms with Crippen molar-refractivity contribution in [3.05, 3.63) is 77.4 Å². The summed E-state index contributed by atoms with van der Waals surface area (Å²) in [5.41, 5.74) is 3.91. The number of benzene rings is 2. The standard InChI is InChI=1S/C19H22ClN/c1-17-8-5-6-11-19(17)12-7-14-21(15-13-20)16-18-9-3-2-4-10-18/h2-12H,13-16H2,1H3/b12-7+. The fraction of sp³-hybridized carbons (Fsp3) is 0.263. The van der Waals surface area contributed by atoms with E-state index in [1.807, 2.05) is 6.07 Å². The van der Waals surface area contributed by atoms with Crippen molar-refractivity contribution in [1.29, 1.82) is 0 Å². The first-order valence-corrected chi connectivity index (χ1v) is 7.87. The highest BCUT2D eigenvalue weighted by atomic mass is 35.5. The average Bonchev–Trinajstić information content (AvgIpc) is 2.50. The third-order valence-corrected chi connectivity index (χ3v) is 3.67. The van der Waals surface area contributed by atoms with Gasteiger partial charge in [-0.05, 0) is 23.6 Å². The van der Waals surface area contributed by atoms with Gasteiger partial charge in [0.25, 0.3) is 0 Å². The van der Waals surface area contributed by atoms with Crippen molar-refractivity contribution in [3.8, 4) is 0 Å². The van der Waals surface area contributed by atoms with E-state index in [2.05, 4.69) is 72.5 Å². The third kappa shape index (κ3) is 5.37. The largest absolute Gasteiger partial charge is 0.294 e. The lowest BCUT2D eigenvalue weighted by Gasteiger charge is -2.19. The normalized spacial score (nSPS) is 11.4. The molecule has 0 aliphatic rings. The lowest BCUT2D eigenvalue weighted by atomic mass is 10.1. The Hall–Kier alpha value is -1.57. The van der Waals surface area contributed by atoms with E-state index in [0.29, 0.717) is 5.88 Å². The summed E-state index contributed by atoms with van der Waals surface area (Å²) in [6, 6.07) is 19.0. The van der Waals surface area contributed by atoms with E-state index in [1.165, 1.54) is 16.7 Å². The van der Waals surface area contributed by atoms with Crippen molar-refractivity contribution >= 4 is 17.7 Å². The summed E-state index contributed by atoms with van der Waals surface area (Å²) in [6.07, 6.45) is 4.42. The Morgan fingerprint density at radius 3 is 2.43 bits per heavy atom. The van der Waals surface area contributed by atoms with E-state index in [-0.39, 0.29) is 0 Å². The second kappa shape index (κ2) is 8.66. The topological polar surface area (TPSA) is 3.24 Å². The quantitative estimate of drug-likeness (QED) is 0.667. The first kappa shape index (κ1) is 15.8. The van der Waals surface area contributed by atoms with Crippen molar-refractivity contribution < 1.29 is 0 Å². The summed E-state index contributed by atoms with van der Waals surface area (Å²) >= 11 is 5.92. The Bertz CT molecular complexity index is 563. The minimum Gasteiger partial charge on any atom is -0.294 e. The van der Waals surface area contributed by atoms with Crippen LogP contribution in [-0.4, -0.2) is 23.9 Å². The fourth-order valence-electron chi connectivity index (χ4n) is 2.30. The van der Waals surface area contributed by atoms with Crippen LogP contribution in [0.4, 0.5) is 0 Å². The first-order chi connectivity index (χ1) is 10.3. The Morgan fingerprint density at radius 2 is 1.71 bits per heavy atom. The maximum Gasteiger partial charge on any atom is 0.0351 e. The van der Waals surface area contributed by atoms with E-state index in [1.54, 1.807) is 0 Å². The van der Waals surface area contributed by atoms with Crippen LogP contribution < -0.4 is 0 Å². The van der Waals surface area contributed by atoms with Crippen molar-refractivity contribution in [3.63, 3.8) is 0 Å². The Labute approximate surface area is 132 Å². The van der Waals surface area contributed by atoms with Crippen LogP contribution in [0.2, 0.25) is 0 Å². The van der Waals surface area contributed by atoms with Gasteiger partial charge in [0.1, 0.15) is 0 Å². The molecule has 1 nitrogen and oxygen atoms in total. The molecule has 0 saturated carbocycles. The van der Waals surface area contributed by atoms with E-state index in [4.69, 9.17) is 11.6 Å². The lowest BCUT2D eigenvalue weighted by molar-refractivity contribution is 0.313. The molecule has 0 atom stereocenters. The van der Waals surface area contributed by atoms with Crippen molar-refractivity contribution in [2.45, 2.75) is 13.5 Å². The number of hydrogen-bond acceptors (Lipinski definition) is 1. The minimum atomic E-state index is 0.658. The second-order valence-corrected chi connectivity index (χ2v) is 5.55. The Balaban J connectivity index is 1.95. The van der Waals surface area contributed by atoms with Crippen LogP contribution in [0.5, 0.6) is 0 Å². The van der Waals surface area contributed by atoms with Crippen LogP contribution in [0, 0.1) is 6.92 Å². The number of nitrogens with zero attached hydrogens (tertiary/aromatic N) is 1. The zero-order valence-electron chi connectivity index (χ0n) is 12.5. The molecule has 0 saturated heterocycles. The van der Waals surface area contributed by atoms with E-state index < -0.39 is 0 Å². The molecule has 0 amide bonds. The van der Waals surface area contributed by atoms with Crippen LogP contribution >= 0.6 is 11.6 Å². The number of alkyl halides is 1. The van der Waals surface area contributed by atoms with Gasteiger partial charge < -0.3 is 0 Å². The molecule has 2 heteroatoms. The van der Waals surface area contributed by atoms with Gasteiger partial charge in [-0.15, -0.1) is 11.6 Å². The summed E-state index contributed by atoms with van der Waals surface area (Å²) in [6.45, 7) is 4.89. The second-order valence-electron chi connectivity index (χ2n) is 5.17. The highest BCUT2D eigenvalue weighted by Crippen LogP contribution is 2.10. The van der Waals surface area contributed by atoms with Crippen LogP contribution in [0.1, 0.15) is 16.7 Å². The van der Waals surface area contributed by atoms with Gasteiger partial charge in [-0.2, -0.15) is 0 Å². The minimum absolute atomic E-state index is 0.658. The SMILES string of the molecule is Cc1ccccc1/C=C/CN(CCCl)Cc1ccccc1. The molecule has 0 aliphatic heterocycles. The van der Waals surface area contributed by atoms with Gasteiger partial charge >= 0.3 is 0 Å². The van der Waals surface area contributed by atoms with Gasteiger partial charge in [-0.25, -0.2) is 0 Å². The summed E-state index contributed by atoms with van der Waals surface area (Å²) < 4.78 is 0. The molecule has 2 rings (SSSR count). The molecule has 0 N–H and O–H groups in total. The third-order valence-electron chi connectivity index (χ3n) is 3.50. The maximum atomic E-state index is 5.92. The predicted molar refractivity (Wildman–Crippen MR) is 92.7 cm³/mol. The molecule has 0 bridgehead atoms. The molecule has 0 radical (unpaired) electrons. The highest BCUT2D eigenvalue weighted by Gasteiger charge is 2.03. The Morgan fingerprint density at radius 1 is 1.00 bits per heavy atom. The Kier molecular flexibility index (Phi) is 6.52. The summed E-state index contributed by atoms with van der Waals surface area (Å²) in [4.78, 5) is 2.36. The highest BCUT2D eigenvalue weighted by molar-refractivity contribution is 6.18. The summed E-state index contributed by atoms with van der Waals surface area (Å²) in [7, 11) is 0. The molecule has 2 aromatic rings. The van der Waals surface area contributed by atoms with Crippen molar-refractivity contribution in [2.24, 2.45) is 0 Å². The number of halogens is 1. The molecular weight excluding hydrogens is 278 g/mol. The molecule has 2 aromatic carbocycles. The summed E-state index contributed by atoms with van der Waals surface area (Å²) in [5, 5.41) is 0. The molecule has 0 unspecified atom stereocenters. The van der Waals surface area contributed by atoms with Gasteiger partial charge in [-0.1, -0.05) is 66.7 Å². The number of aryl methyl sites for hydroxylation is 1. The molecule has 0 spiro atoms. The zero-order chi connectivity index (χ0) is 14.9.